The number of hydrogen-bond donors (Lipinski definition) is 1. The molecule has 0 spiro atoms. The molecule has 1 fully saturated rings. The summed E-state index contributed by atoms with van der Waals surface area (Å²) in [6, 6.07) is 5.49. The Morgan fingerprint density at radius 3 is 2.94 bits per heavy atom. The highest BCUT2D eigenvalue weighted by atomic mass is 16.3. The van der Waals surface area contributed by atoms with E-state index in [0.717, 1.165) is 11.0 Å². The molecule has 0 radical (unpaired) electrons. The number of imidazole rings is 1. The molecule has 17 heavy (non-hydrogen) atoms. The van der Waals surface area contributed by atoms with Crippen molar-refractivity contribution in [3.63, 3.8) is 0 Å². The molecule has 5 nitrogen and oxygen atoms in total. The van der Waals surface area contributed by atoms with Crippen LogP contribution in [0.4, 0.5) is 0 Å². The van der Waals surface area contributed by atoms with E-state index >= 15 is 0 Å². The summed E-state index contributed by atoms with van der Waals surface area (Å²) in [6.45, 7) is 0.859. The second kappa shape index (κ2) is 3.56. The van der Waals surface area contributed by atoms with Crippen LogP contribution in [0, 0.1) is 0 Å². The SMILES string of the molecule is Cn1cnc2cc(C(=O)N3CC(O)C3)ccc21. The fourth-order valence-corrected chi connectivity index (χ4v) is 2.07. The Morgan fingerprint density at radius 1 is 1.47 bits per heavy atom. The summed E-state index contributed by atoms with van der Waals surface area (Å²) in [5.74, 6) is -0.0390. The van der Waals surface area contributed by atoms with Gasteiger partial charge in [-0.15, -0.1) is 0 Å². The lowest BCUT2D eigenvalue weighted by atomic mass is 10.1. The Labute approximate surface area is 98.3 Å². The zero-order valence-corrected chi connectivity index (χ0v) is 9.50. The van der Waals surface area contributed by atoms with Crippen molar-refractivity contribution in [1.29, 1.82) is 0 Å². The molecule has 0 aliphatic carbocycles. The largest absolute Gasteiger partial charge is 0.389 e. The lowest BCUT2D eigenvalue weighted by molar-refractivity contribution is 0.00590. The Morgan fingerprint density at radius 2 is 2.24 bits per heavy atom. The molecule has 1 N–H and O–H groups in total. The quantitative estimate of drug-likeness (QED) is 0.772. The third-order valence-electron chi connectivity index (χ3n) is 3.12. The van der Waals surface area contributed by atoms with Gasteiger partial charge in [-0.1, -0.05) is 0 Å². The highest BCUT2D eigenvalue weighted by Crippen LogP contribution is 2.18. The summed E-state index contributed by atoms with van der Waals surface area (Å²) in [5, 5.41) is 9.18. The maximum atomic E-state index is 12.0. The molecule has 0 unspecified atom stereocenters. The minimum absolute atomic E-state index is 0.0390. The Balaban J connectivity index is 1.92. The first kappa shape index (κ1) is 10.3. The van der Waals surface area contributed by atoms with E-state index in [1.165, 1.54) is 0 Å². The molecule has 2 heterocycles. The molecule has 88 valence electrons. The number of rotatable bonds is 1. The van der Waals surface area contributed by atoms with Crippen molar-refractivity contribution in [1.82, 2.24) is 14.5 Å². The molecule has 2 aromatic rings. The minimum Gasteiger partial charge on any atom is -0.389 e. The zero-order chi connectivity index (χ0) is 12.0. The molecule has 1 saturated heterocycles. The Hall–Kier alpha value is -1.88. The lowest BCUT2D eigenvalue weighted by Crippen LogP contribution is -2.53. The number of β-amino-alcohol motifs (C(OH)–C–C–N with tert-alkyl or cyclic N) is 1. The van der Waals surface area contributed by atoms with Gasteiger partial charge in [0.25, 0.3) is 5.91 Å². The van der Waals surface area contributed by atoms with Crippen LogP contribution in [0.25, 0.3) is 11.0 Å². The minimum atomic E-state index is -0.363. The van der Waals surface area contributed by atoms with Crippen molar-refractivity contribution >= 4 is 16.9 Å². The number of hydrogen-bond acceptors (Lipinski definition) is 3. The average molecular weight is 231 g/mol. The van der Waals surface area contributed by atoms with Crippen LogP contribution in [0.1, 0.15) is 10.4 Å². The van der Waals surface area contributed by atoms with E-state index in [1.54, 1.807) is 23.4 Å². The molecule has 0 atom stereocenters. The smallest absolute Gasteiger partial charge is 0.254 e. The number of aryl methyl sites for hydroxylation is 1. The third-order valence-corrected chi connectivity index (χ3v) is 3.12. The molecule has 1 amide bonds. The van der Waals surface area contributed by atoms with Gasteiger partial charge in [0, 0.05) is 25.7 Å². The van der Waals surface area contributed by atoms with Gasteiger partial charge in [-0.05, 0) is 18.2 Å². The number of amides is 1. The fraction of sp³-hybridized carbons (Fsp3) is 0.333. The molecule has 0 bridgehead atoms. The molecule has 1 aliphatic rings. The number of aliphatic hydroxyl groups excluding tert-OH is 1. The van der Waals surface area contributed by atoms with Gasteiger partial charge in [0.05, 0.1) is 23.5 Å². The molecular formula is C12H13N3O2. The van der Waals surface area contributed by atoms with Gasteiger partial charge in [-0.25, -0.2) is 4.98 Å². The van der Waals surface area contributed by atoms with Gasteiger partial charge in [0.15, 0.2) is 0 Å². The molecule has 0 saturated carbocycles. The fourth-order valence-electron chi connectivity index (χ4n) is 2.07. The van der Waals surface area contributed by atoms with E-state index in [4.69, 9.17) is 0 Å². The van der Waals surface area contributed by atoms with E-state index in [-0.39, 0.29) is 12.0 Å². The van der Waals surface area contributed by atoms with Crippen LogP contribution in [-0.2, 0) is 7.05 Å². The summed E-state index contributed by atoms with van der Waals surface area (Å²) in [7, 11) is 1.92. The molecule has 1 aromatic heterocycles. The van der Waals surface area contributed by atoms with Crippen molar-refractivity contribution in [2.75, 3.05) is 13.1 Å². The summed E-state index contributed by atoms with van der Waals surface area (Å²) in [5.41, 5.74) is 2.45. The third kappa shape index (κ3) is 1.59. The highest BCUT2D eigenvalue weighted by molar-refractivity contribution is 5.97. The molecule has 5 heteroatoms. The average Bonchev–Trinajstić information content (AvgIpc) is 2.66. The zero-order valence-electron chi connectivity index (χ0n) is 9.50. The molecule has 1 aromatic carbocycles. The van der Waals surface area contributed by atoms with Crippen LogP contribution in [-0.4, -0.2) is 44.7 Å². The first-order valence-electron chi connectivity index (χ1n) is 5.53. The van der Waals surface area contributed by atoms with Crippen LogP contribution < -0.4 is 0 Å². The number of fused-ring (bicyclic) bond motifs is 1. The van der Waals surface area contributed by atoms with Crippen LogP contribution in [0.2, 0.25) is 0 Å². The predicted octanol–water partition coefficient (Wildman–Crippen LogP) is 0.390. The summed E-state index contributed by atoms with van der Waals surface area (Å²) in [4.78, 5) is 17.9. The summed E-state index contributed by atoms with van der Waals surface area (Å²) < 4.78 is 1.91. The summed E-state index contributed by atoms with van der Waals surface area (Å²) in [6.07, 6.45) is 1.37. The van der Waals surface area contributed by atoms with E-state index < -0.39 is 0 Å². The number of carbonyl (C=O) groups excluding carboxylic acids is 1. The van der Waals surface area contributed by atoms with Crippen LogP contribution in [0.15, 0.2) is 24.5 Å². The number of aromatic nitrogens is 2. The molecule has 1 aliphatic heterocycles. The van der Waals surface area contributed by atoms with E-state index in [9.17, 15) is 9.90 Å². The van der Waals surface area contributed by atoms with Crippen LogP contribution in [0.3, 0.4) is 0 Å². The summed E-state index contributed by atoms with van der Waals surface area (Å²) >= 11 is 0. The normalized spacial score (nSPS) is 16.2. The van der Waals surface area contributed by atoms with Gasteiger partial charge in [-0.2, -0.15) is 0 Å². The standard InChI is InChI=1S/C12H13N3O2/c1-14-7-13-10-4-8(2-3-11(10)14)12(17)15-5-9(16)6-15/h2-4,7,9,16H,5-6H2,1H3. The monoisotopic (exact) mass is 231 g/mol. The number of likely N-dealkylation sites (tertiary alicyclic amines) is 1. The topological polar surface area (TPSA) is 58.4 Å². The van der Waals surface area contributed by atoms with Crippen molar-refractivity contribution in [2.24, 2.45) is 7.05 Å². The van der Waals surface area contributed by atoms with Gasteiger partial charge in [0.1, 0.15) is 0 Å². The maximum Gasteiger partial charge on any atom is 0.254 e. The van der Waals surface area contributed by atoms with Gasteiger partial charge in [0.2, 0.25) is 0 Å². The second-order valence-electron chi connectivity index (χ2n) is 4.42. The number of aliphatic hydroxyl groups is 1. The number of benzene rings is 1. The van der Waals surface area contributed by atoms with Crippen LogP contribution >= 0.6 is 0 Å². The van der Waals surface area contributed by atoms with Gasteiger partial charge >= 0.3 is 0 Å². The first-order valence-corrected chi connectivity index (χ1v) is 5.53. The number of carbonyl (C=O) groups is 1. The van der Waals surface area contributed by atoms with Crippen molar-refractivity contribution in [3.05, 3.63) is 30.1 Å². The number of nitrogens with zero attached hydrogens (tertiary/aromatic N) is 3. The van der Waals surface area contributed by atoms with Crippen molar-refractivity contribution < 1.29 is 9.90 Å². The van der Waals surface area contributed by atoms with Crippen LogP contribution in [0.5, 0.6) is 0 Å². The van der Waals surface area contributed by atoms with E-state index in [1.807, 2.05) is 17.7 Å². The Bertz CT molecular complexity index is 584. The van der Waals surface area contributed by atoms with Gasteiger partial charge in [-0.3, -0.25) is 4.79 Å². The lowest BCUT2D eigenvalue weighted by Gasteiger charge is -2.35. The van der Waals surface area contributed by atoms with E-state index in [0.29, 0.717) is 18.7 Å². The highest BCUT2D eigenvalue weighted by Gasteiger charge is 2.29. The molecular weight excluding hydrogens is 218 g/mol. The van der Waals surface area contributed by atoms with Gasteiger partial charge < -0.3 is 14.6 Å². The Kier molecular flexibility index (Phi) is 2.16. The molecule has 3 rings (SSSR count). The maximum absolute atomic E-state index is 12.0. The van der Waals surface area contributed by atoms with Crippen molar-refractivity contribution in [2.45, 2.75) is 6.10 Å². The predicted molar refractivity (Wildman–Crippen MR) is 62.6 cm³/mol. The van der Waals surface area contributed by atoms with Crippen molar-refractivity contribution in [3.8, 4) is 0 Å². The second-order valence-corrected chi connectivity index (χ2v) is 4.42. The first-order chi connectivity index (χ1) is 8.15. The van der Waals surface area contributed by atoms with E-state index in [2.05, 4.69) is 4.98 Å².